The van der Waals surface area contributed by atoms with Crippen molar-refractivity contribution < 1.29 is 48.5 Å². The van der Waals surface area contributed by atoms with Gasteiger partial charge in [0, 0.05) is 42.0 Å². The number of ether oxygens (including phenoxy) is 2. The van der Waals surface area contributed by atoms with Crippen LogP contribution in [0.15, 0.2) is 29.6 Å². The number of likely N-dealkylation sites (N-methyl/N-ethyl adjacent to an activating group) is 1. The molecule has 0 aliphatic carbocycles. The monoisotopic (exact) mass is 919 g/mol. The number of likely N-dealkylation sites (tertiary alicyclic amines) is 1. The molecule has 19 heteroatoms. The van der Waals surface area contributed by atoms with Crippen LogP contribution in [-0.4, -0.2) is 124 Å². The number of carbonyl (C=O) groups excluding carboxylic acids is 6. The SMILES string of the molecule is CCCC(=O)OCN(C(=O)[C@@H](NC(=O)[C@H]1CCCCN1C)C(C)CC)[C@H](C[C@@H](O)c1nc(C(=O)N[C@@H](Cc2ccc(O)cc2)C[C@H](C)C(=O)NNC(=O)OCCSC)cs1)C(C)C. The predicted octanol–water partition coefficient (Wildman–Crippen LogP) is 4.93. The number of hydrogen-bond donors (Lipinski definition) is 6. The van der Waals surface area contributed by atoms with Crippen molar-refractivity contribution in [3.8, 4) is 5.75 Å². The molecule has 352 valence electrons. The van der Waals surface area contributed by atoms with Crippen LogP contribution in [0.5, 0.6) is 5.75 Å². The van der Waals surface area contributed by atoms with Crippen molar-refractivity contribution in [1.29, 1.82) is 0 Å². The van der Waals surface area contributed by atoms with Crippen LogP contribution in [0, 0.1) is 17.8 Å². The Morgan fingerprint density at radius 3 is 2.35 bits per heavy atom. The van der Waals surface area contributed by atoms with Gasteiger partial charge in [0.25, 0.3) is 5.91 Å². The lowest BCUT2D eigenvalue weighted by Crippen LogP contribution is -2.59. The average Bonchev–Trinajstić information content (AvgIpc) is 3.76. The van der Waals surface area contributed by atoms with Gasteiger partial charge in [-0.05, 0) is 81.5 Å². The largest absolute Gasteiger partial charge is 0.508 e. The third-order valence-electron chi connectivity index (χ3n) is 11.3. The van der Waals surface area contributed by atoms with Crippen molar-refractivity contribution in [3.63, 3.8) is 0 Å². The molecule has 1 aliphatic rings. The number of aliphatic hydroxyl groups excluding tert-OH is 1. The van der Waals surface area contributed by atoms with Crippen LogP contribution in [0.1, 0.15) is 120 Å². The maximum absolute atomic E-state index is 14.7. The molecule has 17 nitrogen and oxygen atoms in total. The summed E-state index contributed by atoms with van der Waals surface area (Å²) in [5.41, 5.74) is 5.41. The molecule has 3 rings (SSSR count). The van der Waals surface area contributed by atoms with Gasteiger partial charge in [-0.1, -0.05) is 66.5 Å². The highest BCUT2D eigenvalue weighted by molar-refractivity contribution is 7.98. The first kappa shape index (κ1) is 52.9. The second-order valence-electron chi connectivity index (χ2n) is 16.6. The second kappa shape index (κ2) is 27.0. The Morgan fingerprint density at radius 1 is 1.00 bits per heavy atom. The quantitative estimate of drug-likeness (QED) is 0.0356. The van der Waals surface area contributed by atoms with E-state index >= 15 is 0 Å². The lowest BCUT2D eigenvalue weighted by molar-refractivity contribution is -0.159. The van der Waals surface area contributed by atoms with E-state index in [4.69, 9.17) is 9.47 Å². The number of piperidine rings is 1. The van der Waals surface area contributed by atoms with E-state index in [0.717, 1.165) is 36.3 Å². The van der Waals surface area contributed by atoms with E-state index in [2.05, 4.69) is 26.5 Å². The highest BCUT2D eigenvalue weighted by atomic mass is 32.2. The Bertz CT molecular complexity index is 1780. The molecule has 6 N–H and O–H groups in total. The molecule has 1 saturated heterocycles. The molecule has 1 unspecified atom stereocenters. The van der Waals surface area contributed by atoms with Crippen molar-refractivity contribution in [2.75, 3.05) is 38.9 Å². The van der Waals surface area contributed by atoms with Gasteiger partial charge in [0.05, 0.1) is 6.04 Å². The van der Waals surface area contributed by atoms with Crippen LogP contribution in [0.2, 0.25) is 0 Å². The molecule has 1 aliphatic heterocycles. The zero-order valence-electron chi connectivity index (χ0n) is 38.0. The average molecular weight is 920 g/mol. The standard InChI is InChI=1S/C44H69N7O10S2/c1-9-13-37(54)61-26-51(43(58)38(28(5)10-2)47-41(57)34-14-11-12-19-50(34)7)35(27(3)4)24-36(53)42-46-33(25-63-42)40(56)45-31(23-30-15-17-32(52)18-16-30)22-29(6)39(55)48-49-44(59)60-20-21-62-8/h15-18,25,27-29,31,34-36,38,52-53H,9-14,19-24,26H2,1-8H3,(H,45,56)(H,47,57)(H,48,55)(H,49,59)/t28?,29-,31+,34+,35+,36+,38-/m0/s1. The summed E-state index contributed by atoms with van der Waals surface area (Å²) in [6.07, 6.45) is 4.20. The summed E-state index contributed by atoms with van der Waals surface area (Å²) >= 11 is 2.58. The van der Waals surface area contributed by atoms with Crippen LogP contribution in [-0.2, 0) is 35.1 Å². The maximum atomic E-state index is 14.7. The molecule has 0 bridgehead atoms. The normalized spacial score (nSPS) is 17.0. The third kappa shape index (κ3) is 17.2. The number of rotatable bonds is 24. The van der Waals surface area contributed by atoms with E-state index in [1.54, 1.807) is 19.1 Å². The number of aromatic hydroxyl groups is 1. The molecule has 1 aromatic carbocycles. The summed E-state index contributed by atoms with van der Waals surface area (Å²) in [6.45, 7) is 11.7. The van der Waals surface area contributed by atoms with Crippen molar-refractivity contribution in [2.45, 2.75) is 130 Å². The Kier molecular flexibility index (Phi) is 22.7. The molecule has 63 heavy (non-hydrogen) atoms. The summed E-state index contributed by atoms with van der Waals surface area (Å²) < 4.78 is 10.6. The third-order valence-corrected chi connectivity index (χ3v) is 12.8. The van der Waals surface area contributed by atoms with Crippen molar-refractivity contribution in [1.82, 2.24) is 36.3 Å². The molecule has 7 atom stereocenters. The highest BCUT2D eigenvalue weighted by Crippen LogP contribution is 2.29. The molecular weight excluding hydrogens is 851 g/mol. The lowest BCUT2D eigenvalue weighted by Gasteiger charge is -2.39. The van der Waals surface area contributed by atoms with Crippen LogP contribution in [0.3, 0.4) is 0 Å². The summed E-state index contributed by atoms with van der Waals surface area (Å²) in [5, 5.41) is 29.3. The Labute approximate surface area is 380 Å². The van der Waals surface area contributed by atoms with Gasteiger partial charge in [-0.25, -0.2) is 15.2 Å². The molecule has 1 aromatic heterocycles. The number of phenolic OH excluding ortho intramolecular Hbond substituents is 1. The molecule has 0 saturated carbocycles. The molecular formula is C44H69N7O10S2. The van der Waals surface area contributed by atoms with Gasteiger partial charge in [-0.3, -0.25) is 34.3 Å². The van der Waals surface area contributed by atoms with E-state index < -0.39 is 59.9 Å². The first-order valence-corrected chi connectivity index (χ1v) is 24.2. The fourth-order valence-corrected chi connectivity index (χ4v) is 8.33. The number of esters is 1. The first-order chi connectivity index (χ1) is 30.0. The topological polar surface area (TPSA) is 229 Å². The minimum absolute atomic E-state index is 0.00884. The Morgan fingerprint density at radius 2 is 1.71 bits per heavy atom. The molecule has 2 aromatic rings. The number of thiazole rings is 1. The summed E-state index contributed by atoms with van der Waals surface area (Å²) in [6, 6.07) is 3.92. The number of phenols is 1. The van der Waals surface area contributed by atoms with Gasteiger partial charge in [0.1, 0.15) is 35.2 Å². The lowest BCUT2D eigenvalue weighted by atomic mass is 9.92. The molecule has 2 heterocycles. The van der Waals surface area contributed by atoms with E-state index in [1.165, 1.54) is 34.2 Å². The number of aliphatic hydroxyl groups is 1. The fourth-order valence-electron chi connectivity index (χ4n) is 7.28. The number of aromatic nitrogens is 1. The number of carbonyl (C=O) groups is 6. The van der Waals surface area contributed by atoms with Gasteiger partial charge in [-0.15, -0.1) is 11.3 Å². The van der Waals surface area contributed by atoms with Gasteiger partial charge in [-0.2, -0.15) is 11.8 Å². The van der Waals surface area contributed by atoms with E-state index in [9.17, 15) is 39.0 Å². The van der Waals surface area contributed by atoms with Gasteiger partial charge in [0.2, 0.25) is 17.7 Å². The number of thioether (sulfide) groups is 1. The number of benzene rings is 1. The number of hydrogen-bond acceptors (Lipinski definition) is 14. The Balaban J connectivity index is 1.82. The second-order valence-corrected chi connectivity index (χ2v) is 18.5. The number of nitrogens with zero attached hydrogens (tertiary/aromatic N) is 3. The van der Waals surface area contributed by atoms with E-state index in [1.807, 2.05) is 52.8 Å². The van der Waals surface area contributed by atoms with E-state index in [0.29, 0.717) is 31.4 Å². The highest BCUT2D eigenvalue weighted by Gasteiger charge is 2.38. The maximum Gasteiger partial charge on any atom is 0.426 e. The predicted molar refractivity (Wildman–Crippen MR) is 243 cm³/mol. The smallest absolute Gasteiger partial charge is 0.426 e. The number of amides is 5. The summed E-state index contributed by atoms with van der Waals surface area (Å²) in [4.78, 5) is 87.5. The van der Waals surface area contributed by atoms with E-state index in [-0.39, 0.29) is 72.8 Å². The van der Waals surface area contributed by atoms with Crippen molar-refractivity contribution >= 4 is 58.8 Å². The Hall–Kier alpha value is -4.46. The van der Waals surface area contributed by atoms with Gasteiger partial charge >= 0.3 is 12.1 Å². The summed E-state index contributed by atoms with van der Waals surface area (Å²) in [5.74, 6) is -2.66. The number of nitrogens with one attached hydrogen (secondary N) is 4. The van der Waals surface area contributed by atoms with Crippen LogP contribution < -0.4 is 21.5 Å². The number of hydrazine groups is 1. The first-order valence-electron chi connectivity index (χ1n) is 21.9. The van der Waals surface area contributed by atoms with Crippen LogP contribution >= 0.6 is 23.1 Å². The van der Waals surface area contributed by atoms with Crippen LogP contribution in [0.25, 0.3) is 0 Å². The molecule has 5 amide bonds. The zero-order chi connectivity index (χ0) is 46.6. The zero-order valence-corrected chi connectivity index (χ0v) is 39.6. The van der Waals surface area contributed by atoms with Gasteiger partial charge < -0.3 is 35.2 Å². The molecule has 0 radical (unpaired) electrons. The minimum Gasteiger partial charge on any atom is -0.508 e. The summed E-state index contributed by atoms with van der Waals surface area (Å²) in [7, 11) is 1.90. The van der Waals surface area contributed by atoms with Crippen LogP contribution in [0.4, 0.5) is 4.79 Å². The van der Waals surface area contributed by atoms with Crippen molar-refractivity contribution in [3.05, 3.63) is 45.9 Å². The molecule has 1 fully saturated rings. The fraction of sp³-hybridized carbons (Fsp3) is 0.659. The van der Waals surface area contributed by atoms with Crippen molar-refractivity contribution in [2.24, 2.45) is 17.8 Å². The van der Waals surface area contributed by atoms with Gasteiger partial charge in [0.15, 0.2) is 6.73 Å². The molecule has 0 spiro atoms. The minimum atomic E-state index is -1.23.